The number of hydrogen-bond acceptors (Lipinski definition) is 7. The number of rotatable bonds is 7. The van der Waals surface area contributed by atoms with E-state index < -0.39 is 11.3 Å². The summed E-state index contributed by atoms with van der Waals surface area (Å²) in [6.45, 7) is 5.61. The van der Waals surface area contributed by atoms with E-state index in [1.807, 2.05) is 32.9 Å². The van der Waals surface area contributed by atoms with Crippen molar-refractivity contribution in [2.45, 2.75) is 27.2 Å². The van der Waals surface area contributed by atoms with Crippen LogP contribution in [0.15, 0.2) is 79.1 Å². The Labute approximate surface area is 263 Å². The van der Waals surface area contributed by atoms with Crippen molar-refractivity contribution in [3.8, 4) is 17.0 Å². The predicted molar refractivity (Wildman–Crippen MR) is 172 cm³/mol. The lowest BCUT2D eigenvalue weighted by atomic mass is 9.85. The Hall–Kier alpha value is -4.79. The molecule has 1 aromatic heterocycles. The summed E-state index contributed by atoms with van der Waals surface area (Å²) >= 11 is 12.5. The number of nitrogens with zero attached hydrogens (tertiary/aromatic N) is 2. The number of anilines is 3. The van der Waals surface area contributed by atoms with E-state index in [-0.39, 0.29) is 33.6 Å². The van der Waals surface area contributed by atoms with Crippen molar-refractivity contribution in [2.75, 3.05) is 10.6 Å². The Morgan fingerprint density at radius 3 is 2.36 bits per heavy atom. The molecular formula is C34H26Cl2N4O4. The van der Waals surface area contributed by atoms with Crippen molar-refractivity contribution < 1.29 is 19.1 Å². The van der Waals surface area contributed by atoms with E-state index in [4.69, 9.17) is 27.9 Å². The summed E-state index contributed by atoms with van der Waals surface area (Å²) in [6, 6.07) is 20.3. The van der Waals surface area contributed by atoms with Gasteiger partial charge < -0.3 is 15.4 Å². The molecule has 6 rings (SSSR count). The number of aromatic nitrogens is 2. The summed E-state index contributed by atoms with van der Waals surface area (Å²) in [6.07, 6.45) is 2.09. The van der Waals surface area contributed by atoms with Gasteiger partial charge in [0.2, 0.25) is 0 Å². The van der Waals surface area contributed by atoms with Crippen LogP contribution in [-0.2, 0) is 4.79 Å². The van der Waals surface area contributed by atoms with Crippen molar-refractivity contribution in [3.05, 3.63) is 106 Å². The molecule has 2 N–H and O–H groups in total. The van der Waals surface area contributed by atoms with E-state index in [9.17, 15) is 14.4 Å². The van der Waals surface area contributed by atoms with Crippen molar-refractivity contribution >= 4 is 68.8 Å². The third-order valence-corrected chi connectivity index (χ3v) is 8.33. The fourth-order valence-electron chi connectivity index (χ4n) is 4.91. The highest BCUT2D eigenvalue weighted by Gasteiger charge is 2.31. The molecule has 0 spiro atoms. The Morgan fingerprint density at radius 2 is 1.64 bits per heavy atom. The minimum atomic E-state index is -0.605. The van der Waals surface area contributed by atoms with Gasteiger partial charge in [0.15, 0.2) is 5.78 Å². The summed E-state index contributed by atoms with van der Waals surface area (Å²) in [5.74, 6) is -0.709. The lowest BCUT2D eigenvalue weighted by Gasteiger charge is -2.23. The second kappa shape index (κ2) is 11.4. The first-order valence-corrected chi connectivity index (χ1v) is 14.6. The summed E-state index contributed by atoms with van der Waals surface area (Å²) in [7, 11) is 0. The van der Waals surface area contributed by atoms with E-state index in [2.05, 4.69) is 20.6 Å². The minimum Gasteiger partial charge on any atom is -0.426 e. The zero-order valence-corrected chi connectivity index (χ0v) is 25.5. The first-order chi connectivity index (χ1) is 21.1. The fraction of sp³-hybridized carbons (Fsp3) is 0.147. The molecule has 0 aliphatic heterocycles. The second-order valence-electron chi connectivity index (χ2n) is 11.0. The number of nitrogens with one attached hydrogen (secondary N) is 2. The van der Waals surface area contributed by atoms with Crippen LogP contribution in [0.5, 0.6) is 5.75 Å². The standard InChI is InChI=1S/C34H26Cl2N4O4/c1-4-34(2,3)33(43)44-20-12-10-19(11-13-20)39-26-16-25(40-32(42)23-15-18(35)9-14-24(23)36)27-28-29(37-17-38-30(26)28)21-7-5-6-8-22(21)31(27)41/h5-17,39H,4H2,1-3H3,(H,40,42). The van der Waals surface area contributed by atoms with Crippen LogP contribution in [0.1, 0.15) is 53.5 Å². The number of fused-ring (bicyclic) bond motifs is 2. The van der Waals surface area contributed by atoms with Crippen LogP contribution in [-0.4, -0.2) is 27.6 Å². The van der Waals surface area contributed by atoms with Gasteiger partial charge in [-0.05, 0) is 68.8 Å². The monoisotopic (exact) mass is 624 g/mol. The molecule has 0 fully saturated rings. The Bertz CT molecular complexity index is 1990. The zero-order chi connectivity index (χ0) is 31.2. The smallest absolute Gasteiger partial charge is 0.316 e. The van der Waals surface area contributed by atoms with Crippen molar-refractivity contribution in [3.63, 3.8) is 0 Å². The average molecular weight is 626 g/mol. The van der Waals surface area contributed by atoms with Crippen LogP contribution in [0.2, 0.25) is 10.0 Å². The van der Waals surface area contributed by atoms with E-state index >= 15 is 0 Å². The van der Waals surface area contributed by atoms with Gasteiger partial charge in [-0.3, -0.25) is 14.4 Å². The molecule has 5 aromatic rings. The van der Waals surface area contributed by atoms with E-state index in [0.717, 1.165) is 0 Å². The van der Waals surface area contributed by atoms with E-state index in [1.165, 1.54) is 18.5 Å². The van der Waals surface area contributed by atoms with E-state index in [1.54, 1.807) is 48.5 Å². The Morgan fingerprint density at radius 1 is 0.909 bits per heavy atom. The molecule has 0 bridgehead atoms. The Kier molecular flexibility index (Phi) is 7.57. The number of esters is 1. The largest absolute Gasteiger partial charge is 0.426 e. The molecule has 4 aromatic carbocycles. The number of amides is 1. The SMILES string of the molecule is CCC(C)(C)C(=O)Oc1ccc(Nc2cc(NC(=O)c3cc(Cl)ccc3Cl)c3c4c(ncnc24)-c2ccccc2C3=O)cc1. The lowest BCUT2D eigenvalue weighted by molar-refractivity contribution is -0.144. The fourth-order valence-corrected chi connectivity index (χ4v) is 5.29. The molecule has 8 nitrogen and oxygen atoms in total. The molecule has 1 amide bonds. The molecule has 44 heavy (non-hydrogen) atoms. The molecule has 0 unspecified atom stereocenters. The quantitative estimate of drug-likeness (QED) is 0.135. The van der Waals surface area contributed by atoms with Gasteiger partial charge in [0.05, 0.1) is 44.1 Å². The number of halogens is 2. The first-order valence-electron chi connectivity index (χ1n) is 13.9. The third kappa shape index (κ3) is 5.27. The van der Waals surface area contributed by atoms with Crippen LogP contribution in [0.25, 0.3) is 22.2 Å². The van der Waals surface area contributed by atoms with Gasteiger partial charge in [0.25, 0.3) is 5.91 Å². The number of benzene rings is 4. The summed E-state index contributed by atoms with van der Waals surface area (Å²) in [4.78, 5) is 49.0. The average Bonchev–Trinajstić information content (AvgIpc) is 3.02. The zero-order valence-electron chi connectivity index (χ0n) is 24.0. The third-order valence-electron chi connectivity index (χ3n) is 7.77. The second-order valence-corrected chi connectivity index (χ2v) is 11.9. The first kappa shape index (κ1) is 29.3. The molecule has 1 aliphatic carbocycles. The Balaban J connectivity index is 1.45. The van der Waals surface area contributed by atoms with Crippen molar-refractivity contribution in [1.29, 1.82) is 0 Å². The van der Waals surface area contributed by atoms with Crippen LogP contribution < -0.4 is 15.4 Å². The molecule has 0 saturated carbocycles. The molecule has 220 valence electrons. The topological polar surface area (TPSA) is 110 Å². The number of carbonyl (C=O) groups excluding carboxylic acids is 3. The summed E-state index contributed by atoms with van der Waals surface area (Å²) in [5, 5.41) is 7.28. The molecule has 0 atom stereocenters. The highest BCUT2D eigenvalue weighted by atomic mass is 35.5. The minimum absolute atomic E-state index is 0.158. The number of hydrogen-bond donors (Lipinski definition) is 2. The molecular weight excluding hydrogens is 599 g/mol. The van der Waals surface area contributed by atoms with Crippen LogP contribution >= 0.6 is 23.2 Å². The number of ketones is 1. The molecule has 0 saturated heterocycles. The normalized spacial score (nSPS) is 12.1. The maximum absolute atomic E-state index is 13.9. The summed E-state index contributed by atoms with van der Waals surface area (Å²) < 4.78 is 5.57. The molecule has 0 radical (unpaired) electrons. The molecule has 10 heteroatoms. The van der Waals surface area contributed by atoms with Crippen LogP contribution in [0, 0.1) is 5.41 Å². The van der Waals surface area contributed by atoms with Crippen molar-refractivity contribution in [1.82, 2.24) is 9.97 Å². The van der Waals surface area contributed by atoms with E-state index in [0.29, 0.717) is 56.3 Å². The predicted octanol–water partition coefficient (Wildman–Crippen LogP) is 8.49. The maximum Gasteiger partial charge on any atom is 0.316 e. The highest BCUT2D eigenvalue weighted by Crippen LogP contribution is 2.44. The van der Waals surface area contributed by atoms with Gasteiger partial charge >= 0.3 is 5.97 Å². The van der Waals surface area contributed by atoms with Gasteiger partial charge in [0.1, 0.15) is 12.1 Å². The van der Waals surface area contributed by atoms with Crippen molar-refractivity contribution in [2.24, 2.45) is 5.41 Å². The summed E-state index contributed by atoms with van der Waals surface area (Å²) in [5.41, 5.74) is 3.46. The van der Waals surface area contributed by atoms with Crippen LogP contribution in [0.4, 0.5) is 17.1 Å². The van der Waals surface area contributed by atoms with Gasteiger partial charge in [-0.2, -0.15) is 0 Å². The number of ether oxygens (including phenoxy) is 1. The van der Waals surface area contributed by atoms with Crippen LogP contribution in [0.3, 0.4) is 0 Å². The molecule has 1 heterocycles. The number of carbonyl (C=O) groups is 3. The van der Waals surface area contributed by atoms with Gasteiger partial charge in [-0.1, -0.05) is 54.4 Å². The highest BCUT2D eigenvalue weighted by molar-refractivity contribution is 6.37. The van der Waals surface area contributed by atoms with Gasteiger partial charge in [0, 0.05) is 27.2 Å². The van der Waals surface area contributed by atoms with Gasteiger partial charge in [-0.15, -0.1) is 0 Å². The maximum atomic E-state index is 13.9. The van der Waals surface area contributed by atoms with Gasteiger partial charge in [-0.25, -0.2) is 9.97 Å². The lowest BCUT2D eigenvalue weighted by Crippen LogP contribution is -2.28. The molecule has 1 aliphatic rings.